The van der Waals surface area contributed by atoms with Gasteiger partial charge in [-0.15, -0.1) is 0 Å². The normalized spacial score (nSPS) is 16.5. The third-order valence-electron chi connectivity index (χ3n) is 4.22. The van der Waals surface area contributed by atoms with Crippen LogP contribution in [0, 0.1) is 5.92 Å². The van der Waals surface area contributed by atoms with Gasteiger partial charge in [0.25, 0.3) is 0 Å². The molecule has 0 aliphatic carbocycles. The van der Waals surface area contributed by atoms with Crippen molar-refractivity contribution in [1.29, 1.82) is 0 Å². The molecule has 0 amide bonds. The summed E-state index contributed by atoms with van der Waals surface area (Å²) < 4.78 is 2.03. The highest BCUT2D eigenvalue weighted by Gasteiger charge is 2.14. The largest absolute Gasteiger partial charge is 0.317 e. The number of hydrogen-bond acceptors (Lipinski definition) is 3. The minimum Gasteiger partial charge on any atom is -0.317 e. The lowest BCUT2D eigenvalue weighted by atomic mass is 9.97. The predicted molar refractivity (Wildman–Crippen MR) is 85.5 cm³/mol. The number of benzene rings is 1. The molecule has 0 unspecified atom stereocenters. The second-order valence-electron chi connectivity index (χ2n) is 6.03. The van der Waals surface area contributed by atoms with Gasteiger partial charge in [-0.05, 0) is 56.6 Å². The number of rotatable bonds is 5. The average molecular weight is 284 g/mol. The van der Waals surface area contributed by atoms with Crippen molar-refractivity contribution >= 4 is 0 Å². The Kier molecular flexibility index (Phi) is 4.68. The third-order valence-corrected chi connectivity index (χ3v) is 4.22. The van der Waals surface area contributed by atoms with E-state index in [1.807, 2.05) is 17.1 Å². The van der Waals surface area contributed by atoms with Crippen LogP contribution in [0.5, 0.6) is 0 Å². The molecule has 2 aromatic rings. The number of piperidine rings is 1. The zero-order chi connectivity index (χ0) is 14.5. The van der Waals surface area contributed by atoms with Crippen molar-refractivity contribution in [2.75, 3.05) is 26.7 Å². The summed E-state index contributed by atoms with van der Waals surface area (Å²) in [6, 6.07) is 8.76. The molecular weight excluding hydrogens is 260 g/mol. The summed E-state index contributed by atoms with van der Waals surface area (Å²) in [5.41, 5.74) is 2.53. The molecule has 4 heteroatoms. The summed E-state index contributed by atoms with van der Waals surface area (Å²) in [5.74, 6) is 0.849. The molecule has 1 aliphatic heterocycles. The minimum atomic E-state index is 0.849. The number of imidazole rings is 1. The molecule has 1 fully saturated rings. The fourth-order valence-corrected chi connectivity index (χ4v) is 3.07. The molecule has 3 rings (SSSR count). The summed E-state index contributed by atoms with van der Waals surface area (Å²) in [7, 11) is 2.23. The van der Waals surface area contributed by atoms with Crippen LogP contribution in [-0.4, -0.2) is 41.1 Å². The molecule has 0 spiro atoms. The number of hydrogen-bond donors (Lipinski definition) is 1. The van der Waals surface area contributed by atoms with Crippen molar-refractivity contribution in [1.82, 2.24) is 19.8 Å². The van der Waals surface area contributed by atoms with Crippen LogP contribution in [0.2, 0.25) is 0 Å². The topological polar surface area (TPSA) is 33.1 Å². The van der Waals surface area contributed by atoms with E-state index in [1.165, 1.54) is 38.0 Å². The standard InChI is InChI=1S/C17H24N4/c1-20(13-16-6-8-18-9-7-16)12-15-2-4-17(5-3-15)21-11-10-19-14-21/h2-5,10-11,14,16,18H,6-9,12-13H2,1H3. The van der Waals surface area contributed by atoms with E-state index >= 15 is 0 Å². The van der Waals surface area contributed by atoms with Crippen LogP contribution >= 0.6 is 0 Å². The fourth-order valence-electron chi connectivity index (χ4n) is 3.07. The minimum absolute atomic E-state index is 0.849. The van der Waals surface area contributed by atoms with E-state index < -0.39 is 0 Å². The zero-order valence-electron chi connectivity index (χ0n) is 12.7. The molecule has 2 heterocycles. The Morgan fingerprint density at radius 3 is 2.67 bits per heavy atom. The van der Waals surface area contributed by atoms with E-state index in [9.17, 15) is 0 Å². The van der Waals surface area contributed by atoms with Crippen LogP contribution in [-0.2, 0) is 6.54 Å². The van der Waals surface area contributed by atoms with E-state index in [2.05, 4.69) is 46.5 Å². The maximum Gasteiger partial charge on any atom is 0.0991 e. The van der Waals surface area contributed by atoms with Crippen molar-refractivity contribution in [3.05, 3.63) is 48.5 Å². The Balaban J connectivity index is 1.54. The van der Waals surface area contributed by atoms with Gasteiger partial charge in [-0.3, -0.25) is 0 Å². The molecule has 0 radical (unpaired) electrons. The Morgan fingerprint density at radius 2 is 2.00 bits per heavy atom. The van der Waals surface area contributed by atoms with Crippen molar-refractivity contribution in [3.8, 4) is 5.69 Å². The molecule has 112 valence electrons. The Hall–Kier alpha value is -1.65. The van der Waals surface area contributed by atoms with Crippen LogP contribution in [0.25, 0.3) is 5.69 Å². The highest BCUT2D eigenvalue weighted by molar-refractivity contribution is 5.34. The van der Waals surface area contributed by atoms with Gasteiger partial charge in [0.05, 0.1) is 6.33 Å². The zero-order valence-corrected chi connectivity index (χ0v) is 12.7. The molecule has 1 aromatic heterocycles. The highest BCUT2D eigenvalue weighted by Crippen LogP contribution is 2.15. The molecule has 4 nitrogen and oxygen atoms in total. The van der Waals surface area contributed by atoms with Gasteiger partial charge in [-0.2, -0.15) is 0 Å². The highest BCUT2D eigenvalue weighted by atomic mass is 15.1. The summed E-state index contributed by atoms with van der Waals surface area (Å²) in [4.78, 5) is 6.53. The molecule has 0 bridgehead atoms. The van der Waals surface area contributed by atoms with Gasteiger partial charge < -0.3 is 14.8 Å². The third kappa shape index (κ3) is 3.93. The van der Waals surface area contributed by atoms with E-state index in [-0.39, 0.29) is 0 Å². The van der Waals surface area contributed by atoms with Crippen LogP contribution in [0.4, 0.5) is 0 Å². The molecule has 1 aromatic carbocycles. The number of nitrogens with one attached hydrogen (secondary N) is 1. The van der Waals surface area contributed by atoms with Crippen molar-refractivity contribution in [2.45, 2.75) is 19.4 Å². The summed E-state index contributed by atoms with van der Waals surface area (Å²) in [6.45, 7) is 4.58. The predicted octanol–water partition coefficient (Wildman–Crippen LogP) is 2.30. The smallest absolute Gasteiger partial charge is 0.0991 e. The van der Waals surface area contributed by atoms with Crippen molar-refractivity contribution < 1.29 is 0 Å². The Labute approximate surface area is 126 Å². The second-order valence-corrected chi connectivity index (χ2v) is 6.03. The van der Waals surface area contributed by atoms with Gasteiger partial charge in [0, 0.05) is 31.2 Å². The van der Waals surface area contributed by atoms with Crippen LogP contribution in [0.3, 0.4) is 0 Å². The van der Waals surface area contributed by atoms with E-state index in [0.29, 0.717) is 0 Å². The maximum atomic E-state index is 4.08. The van der Waals surface area contributed by atoms with Crippen molar-refractivity contribution in [2.24, 2.45) is 5.92 Å². The first-order valence-electron chi connectivity index (χ1n) is 7.78. The molecule has 0 atom stereocenters. The summed E-state index contributed by atoms with van der Waals surface area (Å²) >= 11 is 0. The summed E-state index contributed by atoms with van der Waals surface area (Å²) in [5, 5.41) is 3.43. The van der Waals surface area contributed by atoms with E-state index in [0.717, 1.165) is 18.2 Å². The maximum absolute atomic E-state index is 4.08. The number of nitrogens with zero attached hydrogens (tertiary/aromatic N) is 3. The lowest BCUT2D eigenvalue weighted by molar-refractivity contribution is 0.234. The SMILES string of the molecule is CN(Cc1ccc(-n2ccnc2)cc1)CC1CCNCC1. The van der Waals surface area contributed by atoms with Gasteiger partial charge in [-0.1, -0.05) is 12.1 Å². The first-order chi connectivity index (χ1) is 10.3. The van der Waals surface area contributed by atoms with Gasteiger partial charge in [0.15, 0.2) is 0 Å². The lowest BCUT2D eigenvalue weighted by Crippen LogP contribution is -2.34. The average Bonchev–Trinajstić information content (AvgIpc) is 3.03. The molecule has 0 saturated carbocycles. The van der Waals surface area contributed by atoms with Crippen LogP contribution in [0.1, 0.15) is 18.4 Å². The van der Waals surface area contributed by atoms with Gasteiger partial charge >= 0.3 is 0 Å². The fraction of sp³-hybridized carbons (Fsp3) is 0.471. The van der Waals surface area contributed by atoms with E-state index in [4.69, 9.17) is 0 Å². The molecule has 1 saturated heterocycles. The molecule has 21 heavy (non-hydrogen) atoms. The first-order valence-corrected chi connectivity index (χ1v) is 7.78. The van der Waals surface area contributed by atoms with Gasteiger partial charge in [0.1, 0.15) is 0 Å². The van der Waals surface area contributed by atoms with Crippen LogP contribution < -0.4 is 5.32 Å². The Bertz CT molecular complexity index is 526. The Morgan fingerprint density at radius 1 is 1.24 bits per heavy atom. The quantitative estimate of drug-likeness (QED) is 0.914. The lowest BCUT2D eigenvalue weighted by Gasteiger charge is -2.27. The molecule has 1 N–H and O–H groups in total. The van der Waals surface area contributed by atoms with Gasteiger partial charge in [0.2, 0.25) is 0 Å². The first kappa shape index (κ1) is 14.3. The molecular formula is C17H24N4. The van der Waals surface area contributed by atoms with Crippen LogP contribution in [0.15, 0.2) is 43.0 Å². The molecule has 1 aliphatic rings. The second kappa shape index (κ2) is 6.87. The number of aromatic nitrogens is 2. The van der Waals surface area contributed by atoms with Crippen molar-refractivity contribution in [3.63, 3.8) is 0 Å². The van der Waals surface area contributed by atoms with Gasteiger partial charge in [-0.25, -0.2) is 4.98 Å². The summed E-state index contributed by atoms with van der Waals surface area (Å²) in [6.07, 6.45) is 8.23. The monoisotopic (exact) mass is 284 g/mol. The van der Waals surface area contributed by atoms with E-state index in [1.54, 1.807) is 6.20 Å².